The normalized spacial score (nSPS) is 23.6. The van der Waals surface area contributed by atoms with Gasteiger partial charge in [-0.3, -0.25) is 0 Å². The molecule has 2 rings (SSSR count). The monoisotopic (exact) mass is 251 g/mol. The van der Waals surface area contributed by atoms with Gasteiger partial charge in [0.05, 0.1) is 12.0 Å². The van der Waals surface area contributed by atoms with Crippen LogP contribution in [0.1, 0.15) is 38.8 Å². The molecule has 1 aliphatic rings. The molecule has 1 aromatic carbocycles. The second kappa shape index (κ2) is 5.32. The van der Waals surface area contributed by atoms with Gasteiger partial charge in [0.25, 0.3) is 0 Å². The first-order valence-corrected chi connectivity index (χ1v) is 7.09. The zero-order chi connectivity index (χ0) is 12.4. The maximum Gasteiger partial charge on any atom is 0.132 e. The summed E-state index contributed by atoms with van der Waals surface area (Å²) in [5.74, 6) is 1.01. The second-order valence-corrected chi connectivity index (χ2v) is 6.37. The number of ether oxygens (including phenoxy) is 1. The Morgan fingerprint density at radius 2 is 2.18 bits per heavy atom. The summed E-state index contributed by atoms with van der Waals surface area (Å²) in [4.78, 5) is 1.31. The van der Waals surface area contributed by atoms with Gasteiger partial charge in [0.15, 0.2) is 0 Å². The molecule has 0 fully saturated rings. The Hall–Kier alpha value is -0.670. The van der Waals surface area contributed by atoms with Crippen molar-refractivity contribution in [3.05, 3.63) is 23.8 Å². The van der Waals surface area contributed by atoms with Crippen LogP contribution in [0.2, 0.25) is 0 Å². The first-order valence-electron chi connectivity index (χ1n) is 6.21. The molecule has 2 unspecified atom stereocenters. The van der Waals surface area contributed by atoms with Gasteiger partial charge < -0.3 is 10.1 Å². The van der Waals surface area contributed by atoms with Crippen molar-refractivity contribution in [2.24, 2.45) is 0 Å². The van der Waals surface area contributed by atoms with Gasteiger partial charge in [0.1, 0.15) is 5.75 Å². The smallest absolute Gasteiger partial charge is 0.132 e. The van der Waals surface area contributed by atoms with Crippen molar-refractivity contribution < 1.29 is 4.74 Å². The molecule has 1 N–H and O–H groups in total. The third-order valence-corrected chi connectivity index (χ3v) is 4.29. The highest BCUT2D eigenvalue weighted by molar-refractivity contribution is 8.00. The number of fused-ring (bicyclic) bond motifs is 1. The van der Waals surface area contributed by atoms with Crippen LogP contribution in [0.3, 0.4) is 0 Å². The summed E-state index contributed by atoms with van der Waals surface area (Å²) >= 11 is 1.93. The lowest BCUT2D eigenvalue weighted by atomic mass is 10.00. The summed E-state index contributed by atoms with van der Waals surface area (Å²) in [5.41, 5.74) is 1.39. The van der Waals surface area contributed by atoms with Crippen LogP contribution >= 0.6 is 11.8 Å². The third-order valence-electron chi connectivity index (χ3n) is 3.03. The third kappa shape index (κ3) is 2.78. The molecule has 1 heterocycles. The molecule has 0 saturated carbocycles. The number of rotatable bonds is 3. The lowest BCUT2D eigenvalue weighted by Gasteiger charge is -2.32. The lowest BCUT2D eigenvalue weighted by molar-refractivity contribution is 0.393. The van der Waals surface area contributed by atoms with Gasteiger partial charge in [-0.1, -0.05) is 32.9 Å². The van der Waals surface area contributed by atoms with Gasteiger partial charge in [-0.05, 0) is 18.1 Å². The zero-order valence-corrected chi connectivity index (χ0v) is 11.8. The number of nitrogens with one attached hydrogen (secondary N) is 1. The van der Waals surface area contributed by atoms with Crippen molar-refractivity contribution >= 4 is 11.8 Å². The molecule has 17 heavy (non-hydrogen) atoms. The molecule has 0 amide bonds. The predicted molar refractivity (Wildman–Crippen MR) is 73.9 cm³/mol. The van der Waals surface area contributed by atoms with Crippen LogP contribution in [0.5, 0.6) is 5.75 Å². The van der Waals surface area contributed by atoms with Crippen molar-refractivity contribution in [2.45, 2.75) is 49.4 Å². The van der Waals surface area contributed by atoms with E-state index in [4.69, 9.17) is 4.74 Å². The molecule has 0 spiro atoms. The van der Waals surface area contributed by atoms with Crippen molar-refractivity contribution in [1.29, 1.82) is 0 Å². The largest absolute Gasteiger partial charge is 0.496 e. The summed E-state index contributed by atoms with van der Waals surface area (Å²) in [6.07, 6.45) is 1.18. The summed E-state index contributed by atoms with van der Waals surface area (Å²) < 4.78 is 5.47. The highest BCUT2D eigenvalue weighted by atomic mass is 32.2. The Morgan fingerprint density at radius 3 is 2.82 bits per heavy atom. The highest BCUT2D eigenvalue weighted by Gasteiger charge is 2.27. The van der Waals surface area contributed by atoms with Crippen LogP contribution in [0.4, 0.5) is 0 Å². The summed E-state index contributed by atoms with van der Waals surface area (Å²) in [5, 5.41) is 4.29. The molecular formula is C14H21NOS. The van der Waals surface area contributed by atoms with Crippen molar-refractivity contribution in [1.82, 2.24) is 5.32 Å². The quantitative estimate of drug-likeness (QED) is 0.886. The SMILES string of the molecule is COc1cccc2c1SC(C)CC2NC(C)C. The van der Waals surface area contributed by atoms with Crippen LogP contribution in [0.25, 0.3) is 0 Å². The van der Waals surface area contributed by atoms with Gasteiger partial charge in [-0.15, -0.1) is 11.8 Å². The van der Waals surface area contributed by atoms with E-state index in [0.29, 0.717) is 17.3 Å². The molecule has 0 aromatic heterocycles. The van der Waals surface area contributed by atoms with E-state index < -0.39 is 0 Å². The average molecular weight is 251 g/mol. The maximum absolute atomic E-state index is 5.47. The summed E-state index contributed by atoms with van der Waals surface area (Å²) in [6.45, 7) is 6.69. The van der Waals surface area contributed by atoms with E-state index >= 15 is 0 Å². The molecule has 2 nitrogen and oxygen atoms in total. The summed E-state index contributed by atoms with van der Waals surface area (Å²) in [6, 6.07) is 7.32. The van der Waals surface area contributed by atoms with Crippen LogP contribution in [0, 0.1) is 0 Å². The van der Waals surface area contributed by atoms with Crippen LogP contribution in [0.15, 0.2) is 23.1 Å². The van der Waals surface area contributed by atoms with Gasteiger partial charge in [-0.2, -0.15) is 0 Å². The van der Waals surface area contributed by atoms with Gasteiger partial charge in [-0.25, -0.2) is 0 Å². The Bertz CT molecular complexity index is 392. The molecule has 0 bridgehead atoms. The first kappa shape index (κ1) is 12.8. The molecule has 1 aliphatic heterocycles. The van der Waals surface area contributed by atoms with E-state index in [9.17, 15) is 0 Å². The number of hydrogen-bond donors (Lipinski definition) is 1. The van der Waals surface area contributed by atoms with E-state index in [1.54, 1.807) is 7.11 Å². The fourth-order valence-electron chi connectivity index (χ4n) is 2.36. The molecule has 2 atom stereocenters. The lowest BCUT2D eigenvalue weighted by Crippen LogP contribution is -2.32. The Labute approximate surface area is 108 Å². The number of thioether (sulfide) groups is 1. The van der Waals surface area contributed by atoms with Gasteiger partial charge >= 0.3 is 0 Å². The fourth-order valence-corrected chi connectivity index (χ4v) is 3.67. The molecular weight excluding hydrogens is 230 g/mol. The Balaban J connectivity index is 2.36. The predicted octanol–water partition coefficient (Wildman–Crippen LogP) is 3.62. The fraction of sp³-hybridized carbons (Fsp3) is 0.571. The molecule has 0 aliphatic carbocycles. The van der Waals surface area contributed by atoms with E-state index in [1.807, 2.05) is 11.8 Å². The minimum atomic E-state index is 0.455. The molecule has 94 valence electrons. The van der Waals surface area contributed by atoms with Crippen molar-refractivity contribution in [3.8, 4) is 5.75 Å². The standard InChI is InChI=1S/C14H21NOS/c1-9(2)15-12-8-10(3)17-14-11(12)6-5-7-13(14)16-4/h5-7,9-10,12,15H,8H2,1-4H3. The summed E-state index contributed by atoms with van der Waals surface area (Å²) in [7, 11) is 1.75. The Morgan fingerprint density at radius 1 is 1.41 bits per heavy atom. The zero-order valence-electron chi connectivity index (χ0n) is 11.0. The second-order valence-electron chi connectivity index (χ2n) is 4.92. The van der Waals surface area contributed by atoms with Crippen molar-refractivity contribution in [3.63, 3.8) is 0 Å². The molecule has 1 aromatic rings. The van der Waals surface area contributed by atoms with Gasteiger partial charge in [0.2, 0.25) is 0 Å². The number of hydrogen-bond acceptors (Lipinski definition) is 3. The number of benzene rings is 1. The molecule has 0 saturated heterocycles. The minimum Gasteiger partial charge on any atom is -0.496 e. The van der Waals surface area contributed by atoms with E-state index in [-0.39, 0.29) is 0 Å². The minimum absolute atomic E-state index is 0.455. The van der Waals surface area contributed by atoms with Gasteiger partial charge in [0, 0.05) is 17.3 Å². The molecule has 3 heteroatoms. The maximum atomic E-state index is 5.47. The van der Waals surface area contributed by atoms with Crippen LogP contribution in [-0.4, -0.2) is 18.4 Å². The van der Waals surface area contributed by atoms with E-state index in [2.05, 4.69) is 44.3 Å². The highest BCUT2D eigenvalue weighted by Crippen LogP contribution is 2.45. The molecule has 0 radical (unpaired) electrons. The topological polar surface area (TPSA) is 21.3 Å². The van der Waals surface area contributed by atoms with Crippen molar-refractivity contribution in [2.75, 3.05) is 7.11 Å². The van der Waals surface area contributed by atoms with E-state index in [1.165, 1.54) is 16.9 Å². The van der Waals surface area contributed by atoms with Crippen LogP contribution < -0.4 is 10.1 Å². The number of methoxy groups -OCH3 is 1. The van der Waals surface area contributed by atoms with Crippen LogP contribution in [-0.2, 0) is 0 Å². The van der Waals surface area contributed by atoms with E-state index in [0.717, 1.165) is 5.75 Å². The Kier molecular flexibility index (Phi) is 4.00. The average Bonchev–Trinajstić information content (AvgIpc) is 2.27. The first-order chi connectivity index (χ1) is 8.11.